The van der Waals surface area contributed by atoms with Crippen LogP contribution in [0.1, 0.15) is 32.6 Å². The lowest BCUT2D eigenvalue weighted by Gasteiger charge is -2.36. The lowest BCUT2D eigenvalue weighted by Crippen LogP contribution is -2.51. The van der Waals surface area contributed by atoms with Gasteiger partial charge in [0.1, 0.15) is 0 Å². The van der Waals surface area contributed by atoms with Crippen molar-refractivity contribution in [2.24, 2.45) is 5.92 Å². The average molecular weight is 354 g/mol. The fourth-order valence-corrected chi connectivity index (χ4v) is 4.27. The van der Waals surface area contributed by atoms with Gasteiger partial charge in [0.15, 0.2) is 5.82 Å². The molecular weight excluding hydrogens is 328 g/mol. The average Bonchev–Trinajstić information content (AvgIpc) is 3.22. The molecule has 138 valence electrons. The van der Waals surface area contributed by atoms with Crippen molar-refractivity contribution < 1.29 is 4.79 Å². The second-order valence-electron chi connectivity index (χ2n) is 7.27. The van der Waals surface area contributed by atoms with E-state index in [0.29, 0.717) is 44.4 Å². The summed E-state index contributed by atoms with van der Waals surface area (Å²) >= 11 is 0. The normalized spacial score (nSPS) is 18.7. The number of fused-ring (bicyclic) bond motifs is 1. The molecule has 1 aromatic carbocycles. The fraction of sp³-hybridized carbons (Fsp3) is 0.550. The van der Waals surface area contributed by atoms with Crippen LogP contribution in [0.5, 0.6) is 0 Å². The van der Waals surface area contributed by atoms with Gasteiger partial charge >= 0.3 is 0 Å². The minimum absolute atomic E-state index is 0.0400. The molecule has 6 heteroatoms. The summed E-state index contributed by atoms with van der Waals surface area (Å²) in [5, 5.41) is 0. The van der Waals surface area contributed by atoms with Gasteiger partial charge in [-0.2, -0.15) is 0 Å². The molecule has 2 heterocycles. The van der Waals surface area contributed by atoms with Crippen molar-refractivity contribution in [1.82, 2.24) is 14.5 Å². The number of carbonyl (C=O) groups excluding carboxylic acids is 1. The molecule has 1 saturated carbocycles. The van der Waals surface area contributed by atoms with E-state index in [1.165, 1.54) is 12.8 Å². The largest absolute Gasteiger partial charge is 0.348 e. The van der Waals surface area contributed by atoms with Gasteiger partial charge in [0.25, 0.3) is 5.56 Å². The lowest BCUT2D eigenvalue weighted by molar-refractivity contribution is -0.135. The van der Waals surface area contributed by atoms with Gasteiger partial charge in [-0.25, -0.2) is 4.98 Å². The van der Waals surface area contributed by atoms with Gasteiger partial charge in [-0.1, -0.05) is 25.0 Å². The van der Waals surface area contributed by atoms with Gasteiger partial charge < -0.3 is 14.4 Å². The van der Waals surface area contributed by atoms with Crippen LogP contribution < -0.4 is 10.5 Å². The molecule has 1 aliphatic heterocycles. The zero-order valence-electron chi connectivity index (χ0n) is 15.4. The summed E-state index contributed by atoms with van der Waals surface area (Å²) in [6.07, 6.45) is 4.42. The highest BCUT2D eigenvalue weighted by atomic mass is 16.2. The predicted octanol–water partition coefficient (Wildman–Crippen LogP) is 2.26. The maximum Gasteiger partial charge on any atom is 0.293 e. The molecule has 1 aromatic heterocycles. The van der Waals surface area contributed by atoms with Crippen molar-refractivity contribution in [2.75, 3.05) is 31.1 Å². The van der Waals surface area contributed by atoms with Crippen LogP contribution in [-0.4, -0.2) is 46.5 Å². The minimum Gasteiger partial charge on any atom is -0.348 e. The van der Waals surface area contributed by atoms with Gasteiger partial charge in [0, 0.05) is 38.6 Å². The molecule has 4 rings (SSSR count). The summed E-state index contributed by atoms with van der Waals surface area (Å²) in [5.74, 6) is 1.04. The summed E-state index contributed by atoms with van der Waals surface area (Å²) in [6.45, 7) is 5.29. The summed E-state index contributed by atoms with van der Waals surface area (Å²) in [4.78, 5) is 34.2. The molecule has 1 aliphatic carbocycles. The van der Waals surface area contributed by atoms with Crippen LogP contribution in [0, 0.1) is 5.92 Å². The highest BCUT2D eigenvalue weighted by Gasteiger charge is 2.30. The zero-order valence-corrected chi connectivity index (χ0v) is 15.4. The second kappa shape index (κ2) is 7.09. The summed E-state index contributed by atoms with van der Waals surface area (Å²) in [6, 6.07) is 7.77. The predicted molar refractivity (Wildman–Crippen MR) is 102 cm³/mol. The van der Waals surface area contributed by atoms with Crippen LogP contribution in [0.3, 0.4) is 0 Å². The van der Waals surface area contributed by atoms with Gasteiger partial charge in [-0.15, -0.1) is 0 Å². The van der Waals surface area contributed by atoms with E-state index in [2.05, 4.69) is 4.98 Å². The molecule has 2 aliphatic rings. The first kappa shape index (κ1) is 17.1. The van der Waals surface area contributed by atoms with Crippen molar-refractivity contribution in [3.63, 3.8) is 0 Å². The maximum atomic E-state index is 12.9. The van der Waals surface area contributed by atoms with Crippen molar-refractivity contribution in [3.8, 4) is 0 Å². The number of benzene rings is 1. The smallest absolute Gasteiger partial charge is 0.293 e. The SMILES string of the molecule is CCn1c(=O)c(N2CCN(C(=O)C3CCCC3)CC2)nc2ccccc21. The highest BCUT2D eigenvalue weighted by molar-refractivity contribution is 5.79. The number of piperazine rings is 1. The van der Waals surface area contributed by atoms with E-state index in [0.717, 1.165) is 23.9 Å². The van der Waals surface area contributed by atoms with Crippen LogP contribution in [-0.2, 0) is 11.3 Å². The number of aromatic nitrogens is 2. The number of anilines is 1. The number of nitrogens with zero attached hydrogens (tertiary/aromatic N) is 4. The zero-order chi connectivity index (χ0) is 18.1. The van der Waals surface area contributed by atoms with E-state index in [1.807, 2.05) is 41.0 Å². The first-order chi connectivity index (χ1) is 12.7. The molecule has 0 N–H and O–H groups in total. The Hall–Kier alpha value is -2.37. The first-order valence-electron chi connectivity index (χ1n) is 9.72. The maximum absolute atomic E-state index is 12.9. The van der Waals surface area contributed by atoms with Gasteiger partial charge in [-0.05, 0) is 31.9 Å². The second-order valence-corrected chi connectivity index (χ2v) is 7.27. The van der Waals surface area contributed by atoms with Gasteiger partial charge in [0.2, 0.25) is 5.91 Å². The number of aryl methyl sites for hydroxylation is 1. The first-order valence-corrected chi connectivity index (χ1v) is 9.72. The van der Waals surface area contributed by atoms with Crippen molar-refractivity contribution in [2.45, 2.75) is 39.2 Å². The number of amides is 1. The molecule has 2 aromatic rings. The Morgan fingerprint density at radius 1 is 1.12 bits per heavy atom. The standard InChI is InChI=1S/C20H26N4O2/c1-2-24-17-10-6-5-9-16(17)21-18(20(24)26)22-11-13-23(14-12-22)19(25)15-7-3-4-8-15/h5-6,9-10,15H,2-4,7-8,11-14H2,1H3. The molecule has 1 saturated heterocycles. The Bertz CT molecular complexity index is 862. The minimum atomic E-state index is -0.0400. The molecular formula is C20H26N4O2. The quantitative estimate of drug-likeness (QED) is 0.848. The van der Waals surface area contributed by atoms with E-state index >= 15 is 0 Å². The molecule has 1 amide bonds. The van der Waals surface area contributed by atoms with Crippen LogP contribution in [0.15, 0.2) is 29.1 Å². The van der Waals surface area contributed by atoms with Crippen molar-refractivity contribution in [1.29, 1.82) is 0 Å². The van der Waals surface area contributed by atoms with Crippen molar-refractivity contribution in [3.05, 3.63) is 34.6 Å². The van der Waals surface area contributed by atoms with E-state index in [9.17, 15) is 9.59 Å². The molecule has 6 nitrogen and oxygen atoms in total. The van der Waals surface area contributed by atoms with Crippen molar-refractivity contribution >= 4 is 22.8 Å². The van der Waals surface area contributed by atoms with Gasteiger partial charge in [-0.3, -0.25) is 9.59 Å². The number of hydrogen-bond acceptors (Lipinski definition) is 4. The third-order valence-corrected chi connectivity index (χ3v) is 5.75. The molecule has 0 atom stereocenters. The molecule has 0 spiro atoms. The van der Waals surface area contributed by atoms with E-state index < -0.39 is 0 Å². The fourth-order valence-electron chi connectivity index (χ4n) is 4.27. The number of para-hydroxylation sites is 2. The number of hydrogen-bond donors (Lipinski definition) is 0. The summed E-state index contributed by atoms with van der Waals surface area (Å²) < 4.78 is 1.79. The Morgan fingerprint density at radius 2 is 1.81 bits per heavy atom. The molecule has 26 heavy (non-hydrogen) atoms. The Labute approximate surface area is 153 Å². The molecule has 2 fully saturated rings. The number of rotatable bonds is 3. The molecule has 0 radical (unpaired) electrons. The van der Waals surface area contributed by atoms with E-state index in [4.69, 9.17) is 0 Å². The number of carbonyl (C=O) groups is 1. The lowest BCUT2D eigenvalue weighted by atomic mass is 10.1. The summed E-state index contributed by atoms with van der Waals surface area (Å²) in [7, 11) is 0. The van der Waals surface area contributed by atoms with Crippen LogP contribution in [0.2, 0.25) is 0 Å². The van der Waals surface area contributed by atoms with Crippen LogP contribution in [0.4, 0.5) is 5.82 Å². The summed E-state index contributed by atoms with van der Waals surface area (Å²) in [5.41, 5.74) is 1.67. The molecule has 0 unspecified atom stereocenters. The topological polar surface area (TPSA) is 58.4 Å². The third-order valence-electron chi connectivity index (χ3n) is 5.75. The van der Waals surface area contributed by atoms with E-state index in [1.54, 1.807) is 4.57 Å². The monoisotopic (exact) mass is 354 g/mol. The van der Waals surface area contributed by atoms with Crippen LogP contribution >= 0.6 is 0 Å². The van der Waals surface area contributed by atoms with E-state index in [-0.39, 0.29) is 11.5 Å². The Balaban J connectivity index is 1.55. The Kier molecular flexibility index (Phi) is 4.66. The third kappa shape index (κ3) is 2.97. The Morgan fingerprint density at radius 3 is 2.50 bits per heavy atom. The van der Waals surface area contributed by atoms with Crippen LogP contribution in [0.25, 0.3) is 11.0 Å². The molecule has 0 bridgehead atoms. The highest BCUT2D eigenvalue weighted by Crippen LogP contribution is 2.27. The van der Waals surface area contributed by atoms with Gasteiger partial charge in [0.05, 0.1) is 11.0 Å².